The fraction of sp³-hybridized carbons (Fsp3) is 0.0667. The van der Waals surface area contributed by atoms with E-state index in [-0.39, 0.29) is 22.5 Å². The minimum absolute atomic E-state index is 0.0605. The number of rotatable bonds is 7. The molecule has 5 rings (SSSR count). The molecule has 37 heavy (non-hydrogen) atoms. The van der Waals surface area contributed by atoms with E-state index in [1.54, 1.807) is 37.5 Å². The minimum atomic E-state index is -0.590. The second-order valence-electron chi connectivity index (χ2n) is 8.07. The van der Waals surface area contributed by atoms with Crippen molar-refractivity contribution in [3.63, 3.8) is 0 Å². The monoisotopic (exact) mass is 494 g/mol. The van der Waals surface area contributed by atoms with E-state index in [1.165, 1.54) is 37.6 Å². The molecule has 0 amide bonds. The van der Waals surface area contributed by atoms with Crippen molar-refractivity contribution in [2.75, 3.05) is 14.2 Å². The van der Waals surface area contributed by atoms with E-state index < -0.39 is 5.97 Å². The van der Waals surface area contributed by atoms with Gasteiger partial charge in [0.25, 0.3) is 0 Å². The predicted molar refractivity (Wildman–Crippen MR) is 141 cm³/mol. The number of esters is 1. The van der Waals surface area contributed by atoms with Crippen LogP contribution in [0, 0.1) is 0 Å². The van der Waals surface area contributed by atoms with Crippen LogP contribution >= 0.6 is 0 Å². The fourth-order valence-corrected chi connectivity index (χ4v) is 3.85. The summed E-state index contributed by atoms with van der Waals surface area (Å²) in [7, 11) is 3.09. The van der Waals surface area contributed by atoms with E-state index in [9.17, 15) is 9.59 Å². The number of fused-ring (bicyclic) bond motifs is 2. The third kappa shape index (κ3) is 5.16. The second-order valence-corrected chi connectivity index (χ2v) is 8.07. The van der Waals surface area contributed by atoms with Gasteiger partial charge in [-0.15, -0.1) is 0 Å². The van der Waals surface area contributed by atoms with E-state index in [0.29, 0.717) is 22.6 Å². The Labute approximate surface area is 212 Å². The summed E-state index contributed by atoms with van der Waals surface area (Å²) in [6.45, 7) is 0. The molecule has 0 spiro atoms. The molecule has 0 radical (unpaired) electrons. The number of hydrogen-bond acceptors (Lipinski definition) is 7. The van der Waals surface area contributed by atoms with Gasteiger partial charge in [0.2, 0.25) is 11.2 Å². The van der Waals surface area contributed by atoms with Crippen molar-refractivity contribution >= 4 is 33.8 Å². The Balaban J connectivity index is 1.31. The number of carbonyl (C=O) groups excluding carboxylic acids is 1. The first-order valence-corrected chi connectivity index (χ1v) is 11.4. The quantitative estimate of drug-likeness (QED) is 0.148. The molecule has 7 nitrogen and oxygen atoms in total. The molecule has 1 aromatic heterocycles. The molecule has 0 fully saturated rings. The Morgan fingerprint density at radius 3 is 2.38 bits per heavy atom. The third-order valence-corrected chi connectivity index (χ3v) is 5.70. The molecular formula is C30H22O7. The molecule has 184 valence electrons. The summed E-state index contributed by atoms with van der Waals surface area (Å²) in [5.41, 5.74) is 0.670. The lowest BCUT2D eigenvalue weighted by molar-refractivity contribution is -0.128. The number of hydrogen-bond donors (Lipinski definition) is 0. The number of methoxy groups -OCH3 is 2. The average Bonchev–Trinajstić information content (AvgIpc) is 2.93. The molecule has 0 aliphatic carbocycles. The van der Waals surface area contributed by atoms with Crippen LogP contribution in [0.25, 0.3) is 27.8 Å². The molecular weight excluding hydrogens is 472 g/mol. The zero-order valence-corrected chi connectivity index (χ0v) is 20.1. The highest BCUT2D eigenvalue weighted by molar-refractivity contribution is 5.89. The highest BCUT2D eigenvalue weighted by Crippen LogP contribution is 2.29. The van der Waals surface area contributed by atoms with Crippen LogP contribution in [0.3, 0.4) is 0 Å². The topological polar surface area (TPSA) is 84.2 Å². The molecule has 0 N–H and O–H groups in total. The van der Waals surface area contributed by atoms with Crippen LogP contribution in [-0.2, 0) is 4.79 Å². The van der Waals surface area contributed by atoms with Crippen LogP contribution in [0.4, 0.5) is 0 Å². The lowest BCUT2D eigenvalue weighted by Gasteiger charge is -2.08. The van der Waals surface area contributed by atoms with Crippen molar-refractivity contribution in [1.29, 1.82) is 0 Å². The van der Waals surface area contributed by atoms with Crippen LogP contribution in [0.15, 0.2) is 100 Å². The van der Waals surface area contributed by atoms with Gasteiger partial charge in [-0.05, 0) is 58.8 Å². The van der Waals surface area contributed by atoms with Crippen molar-refractivity contribution in [2.45, 2.75) is 0 Å². The van der Waals surface area contributed by atoms with Crippen LogP contribution in [0.2, 0.25) is 0 Å². The zero-order chi connectivity index (χ0) is 25.8. The SMILES string of the molecule is COc1ccc(/C=C/C(=O)Oc2ccc3c(=O)c(Oc4ccc5ccccc5c4)coc3c2)cc1OC. The Hall–Kier alpha value is -5.04. The average molecular weight is 494 g/mol. The summed E-state index contributed by atoms with van der Waals surface area (Å²) in [5.74, 6) is 1.37. The number of ether oxygens (including phenoxy) is 4. The first kappa shape index (κ1) is 23.7. The summed E-state index contributed by atoms with van der Waals surface area (Å²) in [5, 5.41) is 2.37. The van der Waals surface area contributed by atoms with Crippen molar-refractivity contribution in [1.82, 2.24) is 0 Å². The minimum Gasteiger partial charge on any atom is -0.493 e. The largest absolute Gasteiger partial charge is 0.493 e. The van der Waals surface area contributed by atoms with Gasteiger partial charge in [0.15, 0.2) is 11.5 Å². The van der Waals surface area contributed by atoms with Gasteiger partial charge in [-0.3, -0.25) is 4.79 Å². The highest BCUT2D eigenvalue weighted by atomic mass is 16.5. The molecule has 0 bridgehead atoms. The summed E-state index contributed by atoms with van der Waals surface area (Å²) < 4.78 is 27.3. The summed E-state index contributed by atoms with van der Waals surface area (Å²) >= 11 is 0. The first-order valence-electron chi connectivity index (χ1n) is 11.4. The lowest BCUT2D eigenvalue weighted by atomic mass is 10.1. The lowest BCUT2D eigenvalue weighted by Crippen LogP contribution is -2.06. The van der Waals surface area contributed by atoms with Gasteiger partial charge in [0.05, 0.1) is 19.6 Å². The van der Waals surface area contributed by atoms with Crippen LogP contribution in [0.5, 0.6) is 28.7 Å². The van der Waals surface area contributed by atoms with E-state index in [4.69, 9.17) is 23.4 Å². The normalized spacial score (nSPS) is 11.1. The third-order valence-electron chi connectivity index (χ3n) is 5.70. The van der Waals surface area contributed by atoms with E-state index in [0.717, 1.165) is 16.3 Å². The Morgan fingerprint density at radius 2 is 1.57 bits per heavy atom. The van der Waals surface area contributed by atoms with Crippen LogP contribution < -0.4 is 24.4 Å². The van der Waals surface area contributed by atoms with E-state index in [2.05, 4.69) is 0 Å². The maximum absolute atomic E-state index is 13.0. The summed E-state index contributed by atoms with van der Waals surface area (Å²) in [6, 6.07) is 23.3. The molecule has 4 aromatic carbocycles. The molecule has 1 heterocycles. The Bertz CT molecular complexity index is 1700. The summed E-state index contributed by atoms with van der Waals surface area (Å²) in [6.07, 6.45) is 4.15. The maximum atomic E-state index is 13.0. The van der Waals surface area contributed by atoms with Gasteiger partial charge in [0.1, 0.15) is 23.3 Å². The maximum Gasteiger partial charge on any atom is 0.336 e. The van der Waals surface area contributed by atoms with Crippen molar-refractivity contribution in [3.8, 4) is 28.7 Å². The van der Waals surface area contributed by atoms with Crippen molar-refractivity contribution in [2.24, 2.45) is 0 Å². The van der Waals surface area contributed by atoms with Crippen molar-refractivity contribution < 1.29 is 28.2 Å². The number of benzene rings is 4. The van der Waals surface area contributed by atoms with Gasteiger partial charge in [-0.2, -0.15) is 0 Å². The van der Waals surface area contributed by atoms with Gasteiger partial charge < -0.3 is 23.4 Å². The van der Waals surface area contributed by atoms with E-state index in [1.807, 2.05) is 36.4 Å². The standard InChI is InChI=1S/C30H22O7/c1-33-25-13-7-19(15-27(25)34-2)8-14-29(31)37-23-11-12-24-26(17-23)35-18-28(30(24)32)36-22-10-9-20-5-3-4-6-21(20)16-22/h3-18H,1-2H3/b14-8+. The molecule has 0 atom stereocenters. The summed E-state index contributed by atoms with van der Waals surface area (Å²) in [4.78, 5) is 25.3. The number of carbonyl (C=O) groups is 1. The van der Waals surface area contributed by atoms with E-state index >= 15 is 0 Å². The highest BCUT2D eigenvalue weighted by Gasteiger charge is 2.12. The van der Waals surface area contributed by atoms with Gasteiger partial charge in [-0.25, -0.2) is 4.79 Å². The molecule has 0 unspecified atom stereocenters. The van der Waals surface area contributed by atoms with Gasteiger partial charge in [0, 0.05) is 12.1 Å². The molecule has 7 heteroatoms. The van der Waals surface area contributed by atoms with Crippen LogP contribution in [0.1, 0.15) is 5.56 Å². The Morgan fingerprint density at radius 1 is 0.784 bits per heavy atom. The van der Waals surface area contributed by atoms with Crippen LogP contribution in [-0.4, -0.2) is 20.2 Å². The molecule has 0 aliphatic rings. The van der Waals surface area contributed by atoms with Gasteiger partial charge in [-0.1, -0.05) is 36.4 Å². The van der Waals surface area contributed by atoms with Gasteiger partial charge >= 0.3 is 5.97 Å². The zero-order valence-electron chi connectivity index (χ0n) is 20.1. The van der Waals surface area contributed by atoms with Crippen molar-refractivity contribution in [3.05, 3.63) is 107 Å². The molecule has 0 saturated carbocycles. The molecule has 0 aliphatic heterocycles. The predicted octanol–water partition coefficient (Wildman–Crippen LogP) is 6.37. The smallest absolute Gasteiger partial charge is 0.336 e. The molecule has 0 saturated heterocycles. The first-order chi connectivity index (χ1) is 18.0. The fourth-order valence-electron chi connectivity index (χ4n) is 3.85. The Kier molecular flexibility index (Phi) is 6.59. The molecule has 5 aromatic rings. The second kappa shape index (κ2) is 10.3.